The van der Waals surface area contributed by atoms with Crippen LogP contribution in [0.25, 0.3) is 0 Å². The average molecular weight is 180 g/mol. The second-order valence-corrected chi connectivity index (χ2v) is 4.54. The average Bonchev–Trinajstić information content (AvgIpc) is 2.55. The van der Waals surface area contributed by atoms with Gasteiger partial charge in [-0.3, -0.25) is 10.3 Å². The summed E-state index contributed by atoms with van der Waals surface area (Å²) in [6.45, 7) is 3.27. The van der Waals surface area contributed by atoms with Crippen molar-refractivity contribution in [2.45, 2.75) is 11.8 Å². The summed E-state index contributed by atoms with van der Waals surface area (Å²) < 4.78 is 0. The van der Waals surface area contributed by atoms with E-state index in [9.17, 15) is 0 Å². The number of aromatic nitrogens is 1. The van der Waals surface area contributed by atoms with Gasteiger partial charge in [0.15, 0.2) is 0 Å². The molecule has 1 aliphatic rings. The smallest absolute Gasteiger partial charge is 0.104 e. The number of nitrogens with zero attached hydrogens (tertiary/aromatic N) is 1. The van der Waals surface area contributed by atoms with Crippen molar-refractivity contribution >= 4 is 11.8 Å². The van der Waals surface area contributed by atoms with Crippen molar-refractivity contribution in [3.8, 4) is 0 Å². The highest BCUT2D eigenvalue weighted by Gasteiger charge is 2.31. The molecule has 0 spiro atoms. The van der Waals surface area contributed by atoms with Crippen LogP contribution < -0.4 is 5.32 Å². The number of hydrogen-bond donors (Lipinski definition) is 1. The molecule has 1 atom stereocenters. The normalized spacial score (nSPS) is 29.1. The zero-order chi connectivity index (χ0) is 8.44. The molecule has 1 N–H and O–H groups in total. The molecule has 12 heavy (non-hydrogen) atoms. The molecule has 64 valence electrons. The monoisotopic (exact) mass is 180 g/mol. The lowest BCUT2D eigenvalue weighted by Crippen LogP contribution is -2.31. The number of hydrogen-bond acceptors (Lipinski definition) is 3. The van der Waals surface area contributed by atoms with Gasteiger partial charge < -0.3 is 0 Å². The zero-order valence-corrected chi connectivity index (χ0v) is 7.90. The van der Waals surface area contributed by atoms with Crippen LogP contribution in [0.5, 0.6) is 0 Å². The predicted molar refractivity (Wildman–Crippen MR) is 52.0 cm³/mol. The molecule has 1 fully saturated rings. The Labute approximate surface area is 76.8 Å². The lowest BCUT2D eigenvalue weighted by Gasteiger charge is -2.22. The molecule has 3 heteroatoms. The largest absolute Gasteiger partial charge is 0.297 e. The fourth-order valence-corrected chi connectivity index (χ4v) is 2.49. The molecule has 1 saturated heterocycles. The van der Waals surface area contributed by atoms with Crippen LogP contribution in [0.3, 0.4) is 0 Å². The van der Waals surface area contributed by atoms with Crippen molar-refractivity contribution in [3.05, 3.63) is 30.1 Å². The van der Waals surface area contributed by atoms with E-state index < -0.39 is 0 Å². The van der Waals surface area contributed by atoms with Gasteiger partial charge in [-0.15, -0.1) is 11.8 Å². The van der Waals surface area contributed by atoms with Crippen LogP contribution in [-0.2, 0) is 4.87 Å². The topological polar surface area (TPSA) is 24.9 Å². The summed E-state index contributed by atoms with van der Waals surface area (Å²) in [5, 5.41) is 3.45. The molecular weight excluding hydrogens is 168 g/mol. The summed E-state index contributed by atoms with van der Waals surface area (Å²) in [5.41, 5.74) is 1.13. The summed E-state index contributed by atoms with van der Waals surface area (Å²) in [7, 11) is 0. The van der Waals surface area contributed by atoms with Crippen molar-refractivity contribution in [3.63, 3.8) is 0 Å². The second kappa shape index (κ2) is 3.07. The van der Waals surface area contributed by atoms with Gasteiger partial charge >= 0.3 is 0 Å². The highest BCUT2D eigenvalue weighted by Crippen LogP contribution is 2.35. The van der Waals surface area contributed by atoms with E-state index in [1.165, 1.54) is 5.75 Å². The van der Waals surface area contributed by atoms with Crippen LogP contribution in [-0.4, -0.2) is 17.3 Å². The maximum atomic E-state index is 4.35. The maximum Gasteiger partial charge on any atom is 0.104 e. The minimum absolute atomic E-state index is 0.0429. The fourth-order valence-electron chi connectivity index (χ4n) is 1.41. The molecule has 2 rings (SSSR count). The first-order valence-electron chi connectivity index (χ1n) is 4.12. The minimum atomic E-state index is 0.0429. The Bertz CT molecular complexity index is 254. The molecule has 0 bridgehead atoms. The minimum Gasteiger partial charge on any atom is -0.297 e. The maximum absolute atomic E-state index is 4.35. The molecule has 1 aromatic rings. The van der Waals surface area contributed by atoms with Crippen LogP contribution in [0, 0.1) is 0 Å². The summed E-state index contributed by atoms with van der Waals surface area (Å²) in [6, 6.07) is 6.06. The molecular formula is C9H12N2S. The van der Waals surface area contributed by atoms with Crippen molar-refractivity contribution in [1.82, 2.24) is 10.3 Å². The van der Waals surface area contributed by atoms with Gasteiger partial charge in [0, 0.05) is 18.5 Å². The molecule has 0 saturated carbocycles. The SMILES string of the molecule is CC1(c2ccccn2)NCCS1. The number of pyridine rings is 1. The van der Waals surface area contributed by atoms with Crippen LogP contribution in [0.2, 0.25) is 0 Å². The number of rotatable bonds is 1. The van der Waals surface area contributed by atoms with Gasteiger partial charge in [-0.05, 0) is 19.1 Å². The Morgan fingerprint density at radius 2 is 2.50 bits per heavy atom. The third kappa shape index (κ3) is 1.34. The quantitative estimate of drug-likeness (QED) is 0.710. The van der Waals surface area contributed by atoms with Crippen LogP contribution in [0.4, 0.5) is 0 Å². The lowest BCUT2D eigenvalue weighted by molar-refractivity contribution is 0.559. The van der Waals surface area contributed by atoms with E-state index in [-0.39, 0.29) is 4.87 Å². The Kier molecular flexibility index (Phi) is 2.07. The van der Waals surface area contributed by atoms with Crippen molar-refractivity contribution in [1.29, 1.82) is 0 Å². The number of nitrogens with one attached hydrogen (secondary N) is 1. The molecule has 1 aliphatic heterocycles. The number of thioether (sulfide) groups is 1. The highest BCUT2D eigenvalue weighted by atomic mass is 32.2. The Morgan fingerprint density at radius 3 is 3.08 bits per heavy atom. The van der Waals surface area contributed by atoms with Crippen LogP contribution in [0.15, 0.2) is 24.4 Å². The summed E-state index contributed by atoms with van der Waals surface area (Å²) in [6.07, 6.45) is 1.85. The van der Waals surface area contributed by atoms with Gasteiger partial charge in [-0.2, -0.15) is 0 Å². The zero-order valence-electron chi connectivity index (χ0n) is 7.08. The van der Waals surface area contributed by atoms with E-state index in [2.05, 4.69) is 23.3 Å². The van der Waals surface area contributed by atoms with E-state index in [1.54, 1.807) is 0 Å². The van der Waals surface area contributed by atoms with Crippen molar-refractivity contribution in [2.75, 3.05) is 12.3 Å². The standard InChI is InChI=1S/C9H12N2S/c1-9(11-6-7-12-9)8-4-2-3-5-10-8/h2-5,11H,6-7H2,1H3. The van der Waals surface area contributed by atoms with E-state index in [4.69, 9.17) is 0 Å². The van der Waals surface area contributed by atoms with Gasteiger partial charge in [-0.1, -0.05) is 6.07 Å². The fraction of sp³-hybridized carbons (Fsp3) is 0.444. The Morgan fingerprint density at radius 1 is 1.58 bits per heavy atom. The van der Waals surface area contributed by atoms with E-state index in [0.717, 1.165) is 12.2 Å². The molecule has 0 amide bonds. The molecule has 2 heterocycles. The summed E-state index contributed by atoms with van der Waals surface area (Å²) in [5.74, 6) is 1.17. The Balaban J connectivity index is 2.29. The van der Waals surface area contributed by atoms with Crippen molar-refractivity contribution in [2.24, 2.45) is 0 Å². The van der Waals surface area contributed by atoms with Crippen LogP contribution >= 0.6 is 11.8 Å². The summed E-state index contributed by atoms with van der Waals surface area (Å²) >= 11 is 1.92. The lowest BCUT2D eigenvalue weighted by atomic mass is 10.2. The van der Waals surface area contributed by atoms with Gasteiger partial charge in [0.2, 0.25) is 0 Å². The first kappa shape index (κ1) is 8.08. The van der Waals surface area contributed by atoms with Crippen molar-refractivity contribution < 1.29 is 0 Å². The molecule has 1 unspecified atom stereocenters. The third-order valence-electron chi connectivity index (χ3n) is 2.11. The van der Waals surface area contributed by atoms with Gasteiger partial charge in [0.05, 0.1) is 5.69 Å². The summed E-state index contributed by atoms with van der Waals surface area (Å²) in [4.78, 5) is 4.39. The van der Waals surface area contributed by atoms with E-state index in [0.29, 0.717) is 0 Å². The second-order valence-electron chi connectivity index (χ2n) is 3.02. The van der Waals surface area contributed by atoms with Gasteiger partial charge in [-0.25, -0.2) is 0 Å². The van der Waals surface area contributed by atoms with Gasteiger partial charge in [0.1, 0.15) is 4.87 Å². The predicted octanol–water partition coefficient (Wildman–Crippen LogP) is 1.59. The Hall–Kier alpha value is -0.540. The third-order valence-corrected chi connectivity index (χ3v) is 3.45. The van der Waals surface area contributed by atoms with Crippen LogP contribution in [0.1, 0.15) is 12.6 Å². The van der Waals surface area contributed by atoms with E-state index in [1.807, 2.05) is 30.1 Å². The molecule has 0 aliphatic carbocycles. The highest BCUT2D eigenvalue weighted by molar-refractivity contribution is 8.00. The first-order chi connectivity index (χ1) is 5.81. The van der Waals surface area contributed by atoms with E-state index >= 15 is 0 Å². The first-order valence-corrected chi connectivity index (χ1v) is 5.10. The van der Waals surface area contributed by atoms with Gasteiger partial charge in [0.25, 0.3) is 0 Å². The molecule has 0 aromatic carbocycles. The molecule has 0 radical (unpaired) electrons. The molecule has 1 aromatic heterocycles. The molecule has 2 nitrogen and oxygen atoms in total.